The lowest BCUT2D eigenvalue weighted by Gasteiger charge is -2.27. The Morgan fingerprint density at radius 2 is 2.16 bits per heavy atom. The second-order valence-electron chi connectivity index (χ2n) is 6.39. The van der Waals surface area contributed by atoms with Gasteiger partial charge in [0, 0.05) is 12.6 Å². The zero-order valence-electron chi connectivity index (χ0n) is 14.3. The molecule has 0 spiro atoms. The Morgan fingerprint density at radius 3 is 2.80 bits per heavy atom. The molecule has 0 radical (unpaired) electrons. The molecule has 1 amide bonds. The molecule has 0 saturated carbocycles. The molecule has 134 valence electrons. The van der Waals surface area contributed by atoms with E-state index in [2.05, 4.69) is 4.98 Å². The van der Waals surface area contributed by atoms with E-state index in [0.29, 0.717) is 23.9 Å². The smallest absolute Gasteiger partial charge is 0.261 e. The Hall–Kier alpha value is -2.22. The Kier molecular flexibility index (Phi) is 4.64. The third kappa shape index (κ3) is 3.44. The molecule has 0 aliphatic carbocycles. The van der Waals surface area contributed by atoms with Crippen molar-refractivity contribution in [2.45, 2.75) is 32.9 Å². The standard InChI is InChI=1S/C17H21N3O4S/c1-3-20(13-7-8-25(23,24)10-13)15(21)9-19-11-18-16-12(2)5-4-6-14(16)17(19)22/h4-6,11,13H,3,7-10H2,1-2H3. The quantitative estimate of drug-likeness (QED) is 0.799. The monoisotopic (exact) mass is 363 g/mol. The van der Waals surface area contributed by atoms with Gasteiger partial charge >= 0.3 is 0 Å². The van der Waals surface area contributed by atoms with Crippen LogP contribution in [0.4, 0.5) is 0 Å². The summed E-state index contributed by atoms with van der Waals surface area (Å²) in [4.78, 5) is 31.1. The van der Waals surface area contributed by atoms with Crippen LogP contribution in [0.15, 0.2) is 29.3 Å². The number of benzene rings is 1. The highest BCUT2D eigenvalue weighted by Crippen LogP contribution is 2.18. The highest BCUT2D eigenvalue weighted by Gasteiger charge is 2.33. The molecule has 1 aliphatic heterocycles. The number of aryl methyl sites for hydroxylation is 1. The highest BCUT2D eigenvalue weighted by molar-refractivity contribution is 7.91. The lowest BCUT2D eigenvalue weighted by Crippen LogP contribution is -2.43. The van der Waals surface area contributed by atoms with Gasteiger partial charge in [0.25, 0.3) is 5.56 Å². The number of sulfone groups is 1. The number of fused-ring (bicyclic) bond motifs is 1. The Bertz CT molecular complexity index is 981. The molecular formula is C17H21N3O4S. The van der Waals surface area contributed by atoms with E-state index in [4.69, 9.17) is 0 Å². The lowest BCUT2D eigenvalue weighted by molar-refractivity contribution is -0.133. The van der Waals surface area contributed by atoms with Crippen molar-refractivity contribution >= 4 is 26.6 Å². The van der Waals surface area contributed by atoms with Crippen LogP contribution in [0.5, 0.6) is 0 Å². The van der Waals surface area contributed by atoms with Crippen molar-refractivity contribution in [3.05, 3.63) is 40.4 Å². The first-order chi connectivity index (χ1) is 11.8. The van der Waals surface area contributed by atoms with Gasteiger partial charge in [0.2, 0.25) is 5.91 Å². The van der Waals surface area contributed by atoms with Gasteiger partial charge in [-0.25, -0.2) is 13.4 Å². The van der Waals surface area contributed by atoms with E-state index in [1.165, 1.54) is 10.9 Å². The van der Waals surface area contributed by atoms with Gasteiger partial charge in [0.05, 0.1) is 28.7 Å². The number of aromatic nitrogens is 2. The zero-order valence-corrected chi connectivity index (χ0v) is 15.1. The first-order valence-electron chi connectivity index (χ1n) is 8.27. The van der Waals surface area contributed by atoms with E-state index in [-0.39, 0.29) is 35.6 Å². The average molecular weight is 363 g/mol. The molecule has 3 rings (SSSR count). The number of para-hydroxylation sites is 1. The van der Waals surface area contributed by atoms with Crippen molar-refractivity contribution in [2.75, 3.05) is 18.1 Å². The Morgan fingerprint density at radius 1 is 1.40 bits per heavy atom. The summed E-state index contributed by atoms with van der Waals surface area (Å²) in [7, 11) is -3.07. The molecule has 2 aromatic rings. The van der Waals surface area contributed by atoms with Gasteiger partial charge in [0.15, 0.2) is 9.84 Å². The van der Waals surface area contributed by atoms with Gasteiger partial charge in [-0.05, 0) is 31.9 Å². The SMILES string of the molecule is CCN(C(=O)Cn1cnc2c(C)cccc2c1=O)C1CCS(=O)(=O)C1. The van der Waals surface area contributed by atoms with E-state index in [9.17, 15) is 18.0 Å². The van der Waals surface area contributed by atoms with Crippen molar-refractivity contribution in [3.8, 4) is 0 Å². The van der Waals surface area contributed by atoms with Crippen molar-refractivity contribution in [2.24, 2.45) is 0 Å². The van der Waals surface area contributed by atoms with Crippen LogP contribution in [-0.2, 0) is 21.2 Å². The fourth-order valence-corrected chi connectivity index (χ4v) is 5.08. The van der Waals surface area contributed by atoms with Crippen LogP contribution in [-0.4, -0.2) is 52.9 Å². The summed E-state index contributed by atoms with van der Waals surface area (Å²) in [5, 5.41) is 0.474. The maximum atomic E-state index is 12.6. The molecule has 1 aliphatic rings. The Balaban J connectivity index is 1.86. The topological polar surface area (TPSA) is 89.3 Å². The van der Waals surface area contributed by atoms with Crippen LogP contribution in [0.25, 0.3) is 10.9 Å². The Labute approximate surface area is 146 Å². The van der Waals surface area contributed by atoms with Crippen LogP contribution in [0.2, 0.25) is 0 Å². The first kappa shape index (κ1) is 17.6. The number of carbonyl (C=O) groups excluding carboxylic acids is 1. The zero-order chi connectivity index (χ0) is 18.2. The van der Waals surface area contributed by atoms with Gasteiger partial charge in [0.1, 0.15) is 6.54 Å². The fourth-order valence-electron chi connectivity index (χ4n) is 3.35. The van der Waals surface area contributed by atoms with Crippen LogP contribution < -0.4 is 5.56 Å². The van der Waals surface area contributed by atoms with Crippen LogP contribution >= 0.6 is 0 Å². The number of hydrogen-bond donors (Lipinski definition) is 0. The molecule has 1 atom stereocenters. The summed E-state index contributed by atoms with van der Waals surface area (Å²) in [6, 6.07) is 5.05. The number of nitrogens with zero attached hydrogens (tertiary/aromatic N) is 3. The normalized spacial score (nSPS) is 19.2. The lowest BCUT2D eigenvalue weighted by atomic mass is 10.1. The van der Waals surface area contributed by atoms with E-state index in [1.807, 2.05) is 19.9 Å². The number of hydrogen-bond acceptors (Lipinski definition) is 5. The molecule has 1 aromatic carbocycles. The molecule has 0 bridgehead atoms. The van der Waals surface area contributed by atoms with Crippen LogP contribution in [0.1, 0.15) is 18.9 Å². The van der Waals surface area contributed by atoms with Crippen LogP contribution in [0, 0.1) is 6.92 Å². The summed E-state index contributed by atoms with van der Waals surface area (Å²) in [6.07, 6.45) is 1.83. The van der Waals surface area contributed by atoms with Gasteiger partial charge in [-0.15, -0.1) is 0 Å². The number of amides is 1. The number of rotatable bonds is 4. The van der Waals surface area contributed by atoms with E-state index in [0.717, 1.165) is 5.56 Å². The maximum Gasteiger partial charge on any atom is 0.261 e. The third-order valence-corrected chi connectivity index (χ3v) is 6.42. The molecule has 1 saturated heterocycles. The summed E-state index contributed by atoms with van der Waals surface area (Å²) >= 11 is 0. The first-order valence-corrected chi connectivity index (χ1v) is 10.1. The largest absolute Gasteiger partial charge is 0.337 e. The number of carbonyl (C=O) groups is 1. The molecule has 1 aromatic heterocycles. The predicted molar refractivity (Wildman–Crippen MR) is 95.2 cm³/mol. The second-order valence-corrected chi connectivity index (χ2v) is 8.61. The minimum absolute atomic E-state index is 0.00333. The van der Waals surface area contributed by atoms with Gasteiger partial charge in [-0.2, -0.15) is 0 Å². The summed E-state index contributed by atoms with van der Waals surface area (Å²) in [5.41, 5.74) is 1.27. The van der Waals surface area contributed by atoms with Crippen molar-refractivity contribution < 1.29 is 13.2 Å². The van der Waals surface area contributed by atoms with Crippen LogP contribution in [0.3, 0.4) is 0 Å². The molecule has 0 N–H and O–H groups in total. The van der Waals surface area contributed by atoms with Crippen molar-refractivity contribution in [1.82, 2.24) is 14.5 Å². The van der Waals surface area contributed by atoms with Gasteiger partial charge in [-0.1, -0.05) is 12.1 Å². The predicted octanol–water partition coefficient (Wildman–Crippen LogP) is 0.741. The van der Waals surface area contributed by atoms with E-state index in [1.54, 1.807) is 17.0 Å². The molecule has 8 heteroatoms. The second kappa shape index (κ2) is 6.59. The van der Waals surface area contributed by atoms with Crippen molar-refractivity contribution in [3.63, 3.8) is 0 Å². The summed E-state index contributed by atoms with van der Waals surface area (Å²) in [5.74, 6) is -0.157. The van der Waals surface area contributed by atoms with Crippen molar-refractivity contribution in [1.29, 1.82) is 0 Å². The van der Waals surface area contributed by atoms with Gasteiger partial charge in [-0.3, -0.25) is 14.2 Å². The molecule has 2 heterocycles. The molecule has 25 heavy (non-hydrogen) atoms. The average Bonchev–Trinajstić information content (AvgIpc) is 2.91. The highest BCUT2D eigenvalue weighted by atomic mass is 32.2. The molecule has 1 unspecified atom stereocenters. The molecular weight excluding hydrogens is 342 g/mol. The van der Waals surface area contributed by atoms with E-state index < -0.39 is 9.84 Å². The third-order valence-electron chi connectivity index (χ3n) is 4.67. The number of likely N-dealkylation sites (N-methyl/N-ethyl adjacent to an activating group) is 1. The molecule has 1 fully saturated rings. The fraction of sp³-hybridized carbons (Fsp3) is 0.471. The minimum atomic E-state index is -3.07. The summed E-state index contributed by atoms with van der Waals surface area (Å²) in [6.45, 7) is 3.96. The minimum Gasteiger partial charge on any atom is -0.337 e. The summed E-state index contributed by atoms with van der Waals surface area (Å²) < 4.78 is 24.6. The van der Waals surface area contributed by atoms with E-state index >= 15 is 0 Å². The maximum absolute atomic E-state index is 12.6. The van der Waals surface area contributed by atoms with Gasteiger partial charge < -0.3 is 4.90 Å². The molecule has 7 nitrogen and oxygen atoms in total.